The van der Waals surface area contributed by atoms with Gasteiger partial charge in [-0.15, -0.1) is 11.3 Å². The van der Waals surface area contributed by atoms with Crippen molar-refractivity contribution in [1.82, 2.24) is 9.97 Å². The van der Waals surface area contributed by atoms with Crippen molar-refractivity contribution >= 4 is 33.1 Å². The lowest BCUT2D eigenvalue weighted by molar-refractivity contribution is 0.132. The van der Waals surface area contributed by atoms with Crippen LogP contribution in [0.25, 0.3) is 10.2 Å². The second-order valence-electron chi connectivity index (χ2n) is 6.16. The first kappa shape index (κ1) is 14.8. The molecule has 0 saturated heterocycles. The van der Waals surface area contributed by atoms with E-state index < -0.39 is 0 Å². The van der Waals surface area contributed by atoms with E-state index >= 15 is 0 Å². The highest BCUT2D eigenvalue weighted by molar-refractivity contribution is 7.17. The van der Waals surface area contributed by atoms with E-state index in [9.17, 15) is 0 Å². The fraction of sp³-hybridized carbons (Fsp3) is 0.294. The van der Waals surface area contributed by atoms with Crippen LogP contribution in [0.3, 0.4) is 0 Å². The summed E-state index contributed by atoms with van der Waals surface area (Å²) < 4.78 is 6.03. The third-order valence-corrected chi connectivity index (χ3v) is 4.11. The number of nitrogens with zero attached hydrogens (tertiary/aromatic N) is 2. The Kier molecular flexibility index (Phi) is 3.74. The summed E-state index contributed by atoms with van der Waals surface area (Å²) in [7, 11) is 0. The predicted molar refractivity (Wildman–Crippen MR) is 92.3 cm³/mol. The first-order valence-electron chi connectivity index (χ1n) is 7.18. The summed E-state index contributed by atoms with van der Waals surface area (Å²) in [6.07, 6.45) is 1.59. The molecule has 0 amide bonds. The molecule has 22 heavy (non-hydrogen) atoms. The molecule has 0 aliphatic heterocycles. The van der Waals surface area contributed by atoms with Crippen LogP contribution in [0.4, 0.5) is 11.5 Å². The van der Waals surface area contributed by atoms with E-state index in [-0.39, 0.29) is 5.60 Å². The Balaban J connectivity index is 2.01. The molecule has 0 radical (unpaired) electrons. The minimum absolute atomic E-state index is 0.253. The van der Waals surface area contributed by atoms with Gasteiger partial charge in [0.05, 0.1) is 11.1 Å². The molecule has 0 saturated carbocycles. The minimum Gasteiger partial charge on any atom is -0.486 e. The number of para-hydroxylation sites is 2. The molecule has 0 aliphatic rings. The molecule has 1 N–H and O–H groups in total. The molecule has 3 rings (SSSR count). The second-order valence-corrected chi connectivity index (χ2v) is 7.01. The molecular weight excluding hydrogens is 294 g/mol. The molecule has 0 aliphatic carbocycles. The van der Waals surface area contributed by atoms with Gasteiger partial charge in [-0.25, -0.2) is 9.97 Å². The van der Waals surface area contributed by atoms with Gasteiger partial charge in [0.2, 0.25) is 0 Å². The molecule has 2 heterocycles. The molecule has 0 spiro atoms. The maximum atomic E-state index is 6.03. The molecule has 4 nitrogen and oxygen atoms in total. The Morgan fingerprint density at radius 1 is 1.14 bits per heavy atom. The van der Waals surface area contributed by atoms with Crippen LogP contribution in [-0.2, 0) is 0 Å². The Hall–Kier alpha value is -2.14. The lowest BCUT2D eigenvalue weighted by Crippen LogP contribution is -2.23. The topological polar surface area (TPSA) is 47.0 Å². The molecule has 0 unspecified atom stereocenters. The third-order valence-electron chi connectivity index (χ3n) is 3.11. The predicted octanol–water partition coefficient (Wildman–Crippen LogP) is 4.92. The van der Waals surface area contributed by atoms with Crippen molar-refractivity contribution in [3.8, 4) is 5.75 Å². The quantitative estimate of drug-likeness (QED) is 0.745. The molecule has 2 aromatic heterocycles. The van der Waals surface area contributed by atoms with E-state index in [1.165, 1.54) is 5.56 Å². The zero-order valence-electron chi connectivity index (χ0n) is 13.2. The SMILES string of the molecule is Cc1csc2ncnc(Nc3ccccc3OC(C)(C)C)c12. The number of aromatic nitrogens is 2. The minimum atomic E-state index is -0.253. The number of nitrogens with one attached hydrogen (secondary N) is 1. The molecule has 5 heteroatoms. The van der Waals surface area contributed by atoms with Crippen LogP contribution in [0.1, 0.15) is 26.3 Å². The van der Waals surface area contributed by atoms with Crippen molar-refractivity contribution < 1.29 is 4.74 Å². The van der Waals surface area contributed by atoms with Gasteiger partial charge in [0.25, 0.3) is 0 Å². The van der Waals surface area contributed by atoms with E-state index in [1.807, 2.05) is 45.0 Å². The molecule has 0 bridgehead atoms. The number of rotatable bonds is 3. The number of aryl methyl sites for hydroxylation is 1. The summed E-state index contributed by atoms with van der Waals surface area (Å²) in [4.78, 5) is 9.71. The number of anilines is 2. The van der Waals surface area contributed by atoms with Crippen LogP contribution in [0, 0.1) is 6.92 Å². The van der Waals surface area contributed by atoms with E-state index in [0.717, 1.165) is 27.5 Å². The van der Waals surface area contributed by atoms with Crippen molar-refractivity contribution in [3.05, 3.63) is 41.5 Å². The molecule has 0 fully saturated rings. The standard InChI is InChI=1S/C17H19N3OS/c1-11-9-22-16-14(11)15(18-10-19-16)20-12-7-5-6-8-13(12)21-17(2,3)4/h5-10H,1-4H3,(H,18,19,20). The average Bonchev–Trinajstić information content (AvgIpc) is 2.82. The summed E-state index contributed by atoms with van der Waals surface area (Å²) >= 11 is 1.63. The lowest BCUT2D eigenvalue weighted by Gasteiger charge is -2.23. The van der Waals surface area contributed by atoms with Crippen molar-refractivity contribution in [2.75, 3.05) is 5.32 Å². The van der Waals surface area contributed by atoms with E-state index in [1.54, 1.807) is 17.7 Å². The van der Waals surface area contributed by atoms with E-state index in [2.05, 4.69) is 27.6 Å². The van der Waals surface area contributed by atoms with E-state index in [4.69, 9.17) is 4.74 Å². The first-order valence-corrected chi connectivity index (χ1v) is 8.06. The summed E-state index contributed by atoms with van der Waals surface area (Å²) in [6, 6.07) is 7.91. The van der Waals surface area contributed by atoms with Crippen LogP contribution in [0.15, 0.2) is 36.0 Å². The fourth-order valence-corrected chi connectivity index (χ4v) is 3.12. The smallest absolute Gasteiger partial charge is 0.143 e. The van der Waals surface area contributed by atoms with Crippen LogP contribution < -0.4 is 10.1 Å². The number of fused-ring (bicyclic) bond motifs is 1. The summed E-state index contributed by atoms with van der Waals surface area (Å²) in [5, 5.41) is 6.56. The summed E-state index contributed by atoms with van der Waals surface area (Å²) in [5.41, 5.74) is 1.83. The second kappa shape index (κ2) is 5.57. The first-order chi connectivity index (χ1) is 10.4. The third kappa shape index (κ3) is 3.04. The Labute approximate surface area is 134 Å². The van der Waals surface area contributed by atoms with Gasteiger partial charge in [-0.1, -0.05) is 12.1 Å². The zero-order valence-corrected chi connectivity index (χ0v) is 14.0. The number of ether oxygens (including phenoxy) is 1. The van der Waals surface area contributed by atoms with Crippen molar-refractivity contribution in [2.24, 2.45) is 0 Å². The van der Waals surface area contributed by atoms with Crippen molar-refractivity contribution in [3.63, 3.8) is 0 Å². The maximum absolute atomic E-state index is 6.03. The van der Waals surface area contributed by atoms with Gasteiger partial charge in [0, 0.05) is 0 Å². The zero-order chi connectivity index (χ0) is 15.7. The van der Waals surface area contributed by atoms with Crippen LogP contribution in [-0.4, -0.2) is 15.6 Å². The molecular formula is C17H19N3OS. The maximum Gasteiger partial charge on any atom is 0.143 e. The normalized spacial score (nSPS) is 11.6. The van der Waals surface area contributed by atoms with Gasteiger partial charge < -0.3 is 10.1 Å². The monoisotopic (exact) mass is 313 g/mol. The molecule has 1 aromatic carbocycles. The van der Waals surface area contributed by atoms with Crippen molar-refractivity contribution in [2.45, 2.75) is 33.3 Å². The van der Waals surface area contributed by atoms with Gasteiger partial charge >= 0.3 is 0 Å². The number of hydrogen-bond acceptors (Lipinski definition) is 5. The van der Waals surface area contributed by atoms with Gasteiger partial charge in [-0.3, -0.25) is 0 Å². The summed E-state index contributed by atoms with van der Waals surface area (Å²) in [5.74, 6) is 1.63. The van der Waals surface area contributed by atoms with Crippen LogP contribution in [0.5, 0.6) is 5.75 Å². The summed E-state index contributed by atoms with van der Waals surface area (Å²) in [6.45, 7) is 8.19. The highest BCUT2D eigenvalue weighted by atomic mass is 32.1. The number of hydrogen-bond donors (Lipinski definition) is 1. The number of benzene rings is 1. The van der Waals surface area contributed by atoms with Crippen LogP contribution in [0.2, 0.25) is 0 Å². The van der Waals surface area contributed by atoms with Crippen LogP contribution >= 0.6 is 11.3 Å². The van der Waals surface area contributed by atoms with E-state index in [0.29, 0.717) is 0 Å². The van der Waals surface area contributed by atoms with Gasteiger partial charge in [0.1, 0.15) is 28.3 Å². The fourth-order valence-electron chi connectivity index (χ4n) is 2.23. The number of thiophene rings is 1. The Morgan fingerprint density at radius 3 is 2.68 bits per heavy atom. The Morgan fingerprint density at radius 2 is 1.91 bits per heavy atom. The van der Waals surface area contributed by atoms with Gasteiger partial charge in [-0.05, 0) is 50.8 Å². The highest BCUT2D eigenvalue weighted by Gasteiger charge is 2.16. The molecule has 114 valence electrons. The van der Waals surface area contributed by atoms with Gasteiger partial charge in [-0.2, -0.15) is 0 Å². The molecule has 0 atom stereocenters. The lowest BCUT2D eigenvalue weighted by atomic mass is 10.2. The molecule has 3 aromatic rings. The highest BCUT2D eigenvalue weighted by Crippen LogP contribution is 2.34. The van der Waals surface area contributed by atoms with Gasteiger partial charge in [0.15, 0.2) is 0 Å². The average molecular weight is 313 g/mol. The largest absolute Gasteiger partial charge is 0.486 e. The van der Waals surface area contributed by atoms with Crippen molar-refractivity contribution in [1.29, 1.82) is 0 Å². The Bertz CT molecular complexity index is 805.